The first kappa shape index (κ1) is 64.3. The number of allylic oxidation sites excluding steroid dienone is 3. The van der Waals surface area contributed by atoms with E-state index in [9.17, 15) is 45.6 Å². The van der Waals surface area contributed by atoms with Gasteiger partial charge in [0.2, 0.25) is 0 Å². The zero-order valence-corrected chi connectivity index (χ0v) is 53.6. The summed E-state index contributed by atoms with van der Waals surface area (Å²) >= 11 is 0. The number of phenolic OH excluding ortho intramolecular Hbond substituents is 1. The minimum Gasteiger partial charge on any atom is -0.508 e. The summed E-state index contributed by atoms with van der Waals surface area (Å²) in [6.45, 7) is 3.30. The quantitative estimate of drug-likeness (QED) is 0.0276. The molecule has 13 rings (SSSR count). The maximum Gasteiger partial charge on any atom is 0.313 e. The van der Waals surface area contributed by atoms with Crippen LogP contribution in [0.4, 0.5) is 0 Å². The van der Waals surface area contributed by atoms with E-state index in [1.165, 1.54) is 27.2 Å². The van der Waals surface area contributed by atoms with Gasteiger partial charge in [-0.25, -0.2) is 0 Å². The molecular formula is C70H95N5O13S2. The van der Waals surface area contributed by atoms with Crippen LogP contribution in [-0.2, 0) is 19.1 Å². The molecule has 1 aromatic carbocycles. The van der Waals surface area contributed by atoms with Crippen LogP contribution < -0.4 is 16.8 Å². The molecule has 9 aliphatic carbocycles. The number of fused-ring (bicyclic) bond motifs is 10. The van der Waals surface area contributed by atoms with Crippen LogP contribution in [0.1, 0.15) is 146 Å². The third kappa shape index (κ3) is 10.6. The number of rotatable bonds is 8. The van der Waals surface area contributed by atoms with E-state index in [4.69, 9.17) is 21.2 Å². The minimum absolute atomic E-state index is 0.00913. The Labute approximate surface area is 536 Å². The fraction of sp³-hybridized carbons (Fsp3) is 0.714. The Morgan fingerprint density at radius 2 is 1.64 bits per heavy atom. The molecule has 6 saturated carbocycles. The number of nitrogens with two attached hydrogens (primary N) is 2. The number of nitrogens with zero attached hydrogens (tertiary/aromatic N) is 1. The second kappa shape index (κ2) is 25.1. The zero-order valence-electron chi connectivity index (χ0n) is 52.0. The van der Waals surface area contributed by atoms with Gasteiger partial charge < -0.3 is 72.5 Å². The second-order valence-electron chi connectivity index (χ2n) is 30.0. The first-order valence-electron chi connectivity index (χ1n) is 33.7. The number of ketones is 2. The average Bonchev–Trinajstić information content (AvgIpc) is 1.30. The third-order valence-corrected chi connectivity index (χ3v) is 28.3. The molecule has 20 heteroatoms. The monoisotopic (exact) mass is 1280 g/mol. The van der Waals surface area contributed by atoms with Crippen LogP contribution in [0.3, 0.4) is 0 Å². The van der Waals surface area contributed by atoms with Crippen molar-refractivity contribution in [3.8, 4) is 17.6 Å². The molecule has 11 aliphatic rings. The van der Waals surface area contributed by atoms with Crippen molar-refractivity contribution in [1.82, 2.24) is 10.3 Å². The third-order valence-electron chi connectivity index (χ3n) is 25.8. The van der Waals surface area contributed by atoms with E-state index < -0.39 is 124 Å². The molecule has 1 aromatic heterocycles. The number of carbonyl (C=O) groups excluding carboxylic acids is 3. The summed E-state index contributed by atoms with van der Waals surface area (Å²) in [6, 6.07) is 7.25. The molecule has 24 unspecified atom stereocenters. The second-order valence-corrected chi connectivity index (χ2v) is 32.6. The fourth-order valence-electron chi connectivity index (χ4n) is 22.2. The molecule has 18 nitrogen and oxygen atoms in total. The van der Waals surface area contributed by atoms with Gasteiger partial charge in [0.1, 0.15) is 11.8 Å². The predicted octanol–water partition coefficient (Wildman–Crippen LogP) is 5.95. The van der Waals surface area contributed by atoms with Crippen molar-refractivity contribution in [2.24, 2.45) is 116 Å². The number of H-pyrrole nitrogens is 1. The van der Waals surface area contributed by atoms with E-state index in [-0.39, 0.29) is 116 Å². The molecule has 2 aliphatic heterocycles. The number of guanidine groups is 1. The molecule has 490 valence electrons. The summed E-state index contributed by atoms with van der Waals surface area (Å²) in [4.78, 5) is 54.0. The number of Topliss-reactive ketones (excluding diaryl/α,β-unsaturated/α-hetero) is 2. The lowest BCUT2D eigenvalue weighted by atomic mass is 9.35. The van der Waals surface area contributed by atoms with Gasteiger partial charge in [0, 0.05) is 90.1 Å². The average molecular weight is 1280 g/mol. The topological polar surface area (TPSA) is 335 Å². The van der Waals surface area contributed by atoms with Gasteiger partial charge in [-0.3, -0.25) is 19.4 Å². The highest BCUT2D eigenvalue weighted by Crippen LogP contribution is 2.79. The molecule has 2 saturated heterocycles. The fourth-order valence-corrected chi connectivity index (χ4v) is 24.9. The molecule has 2 aromatic rings. The number of carbonyl (C=O) groups is 3. The summed E-state index contributed by atoms with van der Waals surface area (Å²) in [6.07, 6.45) is 8.13. The number of benzene rings is 1. The van der Waals surface area contributed by atoms with Crippen molar-refractivity contribution in [2.75, 3.05) is 31.3 Å². The maximum absolute atomic E-state index is 17.0. The highest BCUT2D eigenvalue weighted by atomic mass is 33.1. The van der Waals surface area contributed by atoms with Crippen LogP contribution in [-0.4, -0.2) is 148 Å². The Bertz CT molecular complexity index is 3170. The van der Waals surface area contributed by atoms with Gasteiger partial charge in [-0.1, -0.05) is 71.1 Å². The van der Waals surface area contributed by atoms with Crippen LogP contribution in [0.5, 0.6) is 5.75 Å². The zero-order chi connectivity index (χ0) is 63.3. The van der Waals surface area contributed by atoms with E-state index in [0.29, 0.717) is 48.7 Å². The maximum atomic E-state index is 17.0. The van der Waals surface area contributed by atoms with Gasteiger partial charge in [0.25, 0.3) is 0 Å². The Morgan fingerprint density at radius 3 is 2.37 bits per heavy atom. The largest absolute Gasteiger partial charge is 0.508 e. The summed E-state index contributed by atoms with van der Waals surface area (Å²) < 4.78 is 5.98. The smallest absolute Gasteiger partial charge is 0.313 e. The summed E-state index contributed by atoms with van der Waals surface area (Å²) in [7, 11) is 3.03. The molecule has 0 amide bonds. The van der Waals surface area contributed by atoms with Gasteiger partial charge >= 0.3 is 5.97 Å². The van der Waals surface area contributed by atoms with Crippen molar-refractivity contribution in [3.05, 3.63) is 76.8 Å². The molecule has 4 bridgehead atoms. The van der Waals surface area contributed by atoms with Crippen LogP contribution in [0.2, 0.25) is 0 Å². The molecule has 3 heterocycles. The van der Waals surface area contributed by atoms with Crippen LogP contribution >= 0.6 is 21.6 Å². The first-order valence-corrected chi connectivity index (χ1v) is 36.2. The van der Waals surface area contributed by atoms with Crippen molar-refractivity contribution in [2.45, 2.75) is 177 Å². The van der Waals surface area contributed by atoms with E-state index in [0.717, 1.165) is 56.1 Å². The number of aromatic hydroxyl groups is 1. The predicted molar refractivity (Wildman–Crippen MR) is 341 cm³/mol. The number of nitrogens with one attached hydrogen (secondary N) is 2. The molecular weight excluding hydrogens is 1180 g/mol. The number of aromatic amines is 1. The lowest BCUT2D eigenvalue weighted by Crippen LogP contribution is -2.73. The lowest BCUT2D eigenvalue weighted by Gasteiger charge is -2.70. The van der Waals surface area contributed by atoms with Gasteiger partial charge in [-0.2, -0.15) is 0 Å². The number of ether oxygens (including phenoxy) is 1. The van der Waals surface area contributed by atoms with E-state index in [1.807, 2.05) is 12.3 Å². The Balaban J connectivity index is 1.03. The lowest BCUT2D eigenvalue weighted by molar-refractivity contribution is -0.239. The number of esters is 1. The highest BCUT2D eigenvalue weighted by Gasteiger charge is 2.80. The SMILES string of the molecule is CC1CCC2=CCC3C(C(O)O)CC(O)C(C)(O)C4C(CC#CC(C5COC(=O)C5c5cc[nH]c5)CC3C2C1)CC1(O)C2=C3NC(CO)C(=O)CC(c5ccc(O)cc5)CSSCC5C(O)C(O)CC(C6CCCC6)(C2C2CCC(CN=C(N)N)C41C2)C5C3=O. The first-order chi connectivity index (χ1) is 43.1. The number of aliphatic hydroxyl groups excluding tert-OH is 5. The van der Waals surface area contributed by atoms with E-state index >= 15 is 14.7 Å². The van der Waals surface area contributed by atoms with Crippen molar-refractivity contribution in [3.63, 3.8) is 0 Å². The van der Waals surface area contributed by atoms with Crippen molar-refractivity contribution >= 4 is 45.1 Å². The normalized spacial score (nSPS) is 44.7. The van der Waals surface area contributed by atoms with E-state index in [1.54, 1.807) is 37.4 Å². The minimum atomic E-state index is -2.11. The number of cyclic esters (lactones) is 1. The van der Waals surface area contributed by atoms with Gasteiger partial charge in [0.05, 0.1) is 54.3 Å². The van der Waals surface area contributed by atoms with Gasteiger partial charge in [-0.15, -0.1) is 5.92 Å². The summed E-state index contributed by atoms with van der Waals surface area (Å²) in [5, 5.41) is 117. The molecule has 90 heavy (non-hydrogen) atoms. The molecule has 24 atom stereocenters. The number of phenols is 1. The Kier molecular flexibility index (Phi) is 17.9. The highest BCUT2D eigenvalue weighted by molar-refractivity contribution is 8.76. The van der Waals surface area contributed by atoms with Gasteiger partial charge in [-0.05, 0) is 184 Å². The number of aliphatic hydroxyl groups is 8. The molecule has 15 N–H and O–H groups in total. The van der Waals surface area contributed by atoms with E-state index in [2.05, 4.69) is 35.1 Å². The Morgan fingerprint density at radius 1 is 0.878 bits per heavy atom. The summed E-state index contributed by atoms with van der Waals surface area (Å²) in [5.74, 6) is -0.931. The number of aromatic nitrogens is 1. The van der Waals surface area contributed by atoms with Crippen LogP contribution in [0.15, 0.2) is 70.6 Å². The molecule has 1 spiro atoms. The van der Waals surface area contributed by atoms with Gasteiger partial charge in [0.15, 0.2) is 23.8 Å². The number of hydrogen-bond acceptors (Lipinski definition) is 17. The standard InChI is InChI=1S/C70H95N5O13S2/c1-35-10-11-37-15-19-46-48(47(37)22-35)23-38(50-32-88-65(85)56(50)41-20-21-73-29-41)6-5-7-40-27-70(87)59-57(39-12-16-44(30-74-66(71)72)69(70,26-39)63(40)67(2,86)55(80)25-49(46)64(83)84)68(43-8-3-4-9-43)28-54(79)61(81)51-34-90-89-33-42(36-13-17-45(77)18-14-36)24-53(78)52(31-76)75-60(59)62(82)58(51)68/h13-15,17-18,20-21,29,35,38-40,42-44,46-52,54-58,61,63-64,73,75-77,79-81,83-84,86-87H,3-4,7-12,16,19,22-28,30-34H2,1-2H3,(H4,71,72,74). The van der Waals surface area contributed by atoms with Crippen molar-refractivity contribution < 1.29 is 65.1 Å². The Hall–Kier alpha value is -4.40. The number of aliphatic imine (C=N–C) groups is 1. The number of hydrogen-bond donors (Lipinski definition) is 13. The van der Waals surface area contributed by atoms with Crippen LogP contribution in [0.25, 0.3) is 0 Å². The molecule has 0 radical (unpaired) electrons. The van der Waals surface area contributed by atoms with Crippen LogP contribution in [0, 0.1) is 111 Å². The molecule has 8 fully saturated rings. The van der Waals surface area contributed by atoms with Crippen molar-refractivity contribution in [1.29, 1.82) is 0 Å². The summed E-state index contributed by atoms with van der Waals surface area (Å²) in [5.41, 5.74) is 9.17.